The van der Waals surface area contributed by atoms with Crippen LogP contribution >= 0.6 is 0 Å². The van der Waals surface area contributed by atoms with E-state index >= 15 is 0 Å². The SMILES string of the molecule is Cc1cc(C(C)(C)C)cc(-c2c3ccc(-c4cccc(C(C)C)n4)cc3cc[n+]2C)c1C. The summed E-state index contributed by atoms with van der Waals surface area (Å²) in [6.07, 6.45) is 2.18. The molecule has 0 amide bonds. The molecule has 2 heterocycles. The molecule has 0 aliphatic heterocycles. The Bertz CT molecular complexity index is 1310. The van der Waals surface area contributed by atoms with Crippen molar-refractivity contribution in [3.63, 3.8) is 0 Å². The van der Waals surface area contributed by atoms with Gasteiger partial charge in [-0.05, 0) is 77.6 Å². The van der Waals surface area contributed by atoms with Gasteiger partial charge in [-0.1, -0.05) is 52.8 Å². The molecule has 0 atom stereocenters. The highest BCUT2D eigenvalue weighted by Gasteiger charge is 2.22. The van der Waals surface area contributed by atoms with Gasteiger partial charge in [0, 0.05) is 17.3 Å². The molecule has 0 fully saturated rings. The van der Waals surface area contributed by atoms with Crippen molar-refractivity contribution in [1.29, 1.82) is 0 Å². The van der Waals surface area contributed by atoms with Gasteiger partial charge in [0.25, 0.3) is 0 Å². The number of benzene rings is 2. The highest BCUT2D eigenvalue weighted by Crippen LogP contribution is 2.35. The maximum absolute atomic E-state index is 4.91. The summed E-state index contributed by atoms with van der Waals surface area (Å²) in [7, 11) is 2.15. The van der Waals surface area contributed by atoms with E-state index in [1.807, 2.05) is 0 Å². The molecular weight excluding hydrogens is 388 g/mol. The number of hydrogen-bond donors (Lipinski definition) is 0. The van der Waals surface area contributed by atoms with Crippen LogP contribution in [0.25, 0.3) is 33.3 Å². The first-order chi connectivity index (χ1) is 15.1. The van der Waals surface area contributed by atoms with Crippen LogP contribution in [0.2, 0.25) is 0 Å². The minimum absolute atomic E-state index is 0.108. The topological polar surface area (TPSA) is 16.8 Å². The van der Waals surface area contributed by atoms with Crippen molar-refractivity contribution in [2.45, 2.75) is 59.8 Å². The van der Waals surface area contributed by atoms with Gasteiger partial charge in [-0.25, -0.2) is 4.57 Å². The summed E-state index contributed by atoms with van der Waals surface area (Å²) < 4.78 is 2.26. The van der Waals surface area contributed by atoms with Gasteiger partial charge >= 0.3 is 0 Å². The number of aryl methyl sites for hydroxylation is 2. The van der Waals surface area contributed by atoms with Crippen LogP contribution in [0.1, 0.15) is 62.9 Å². The number of fused-ring (bicyclic) bond motifs is 1. The fraction of sp³-hybridized carbons (Fsp3) is 0.333. The highest BCUT2D eigenvalue weighted by atomic mass is 14.9. The highest BCUT2D eigenvalue weighted by molar-refractivity contribution is 5.96. The minimum atomic E-state index is 0.108. The van der Waals surface area contributed by atoms with Gasteiger partial charge < -0.3 is 0 Å². The maximum atomic E-state index is 4.91. The van der Waals surface area contributed by atoms with E-state index in [1.54, 1.807) is 0 Å². The Balaban J connectivity index is 1.93. The van der Waals surface area contributed by atoms with E-state index in [4.69, 9.17) is 4.98 Å². The van der Waals surface area contributed by atoms with Crippen molar-refractivity contribution in [2.75, 3.05) is 0 Å². The second kappa shape index (κ2) is 8.16. The molecule has 0 aliphatic rings. The van der Waals surface area contributed by atoms with Crippen molar-refractivity contribution in [3.8, 4) is 22.5 Å². The van der Waals surface area contributed by atoms with Crippen molar-refractivity contribution in [2.24, 2.45) is 7.05 Å². The zero-order valence-corrected chi connectivity index (χ0v) is 20.7. The molecule has 0 N–H and O–H groups in total. The molecule has 2 heteroatoms. The quantitative estimate of drug-likeness (QED) is 0.313. The first kappa shape index (κ1) is 22.2. The van der Waals surface area contributed by atoms with Crippen molar-refractivity contribution in [3.05, 3.63) is 83.2 Å². The van der Waals surface area contributed by atoms with Crippen molar-refractivity contribution in [1.82, 2.24) is 4.98 Å². The van der Waals surface area contributed by atoms with Crippen molar-refractivity contribution >= 4 is 10.8 Å². The number of pyridine rings is 2. The van der Waals surface area contributed by atoms with E-state index < -0.39 is 0 Å². The lowest BCUT2D eigenvalue weighted by molar-refractivity contribution is -0.659. The van der Waals surface area contributed by atoms with Crippen LogP contribution < -0.4 is 4.57 Å². The Labute approximate surface area is 193 Å². The number of aromatic nitrogens is 2. The molecule has 0 unspecified atom stereocenters. The third-order valence-electron chi connectivity index (χ3n) is 6.58. The molecule has 0 bridgehead atoms. The van der Waals surface area contributed by atoms with E-state index in [0.29, 0.717) is 5.92 Å². The molecule has 4 rings (SSSR count). The van der Waals surface area contributed by atoms with E-state index in [1.165, 1.54) is 38.7 Å². The Kier molecular flexibility index (Phi) is 5.67. The zero-order chi connectivity index (χ0) is 23.2. The van der Waals surface area contributed by atoms with Crippen LogP contribution in [-0.4, -0.2) is 4.98 Å². The van der Waals surface area contributed by atoms with E-state index in [2.05, 4.69) is 121 Å². The lowest BCUT2D eigenvalue weighted by Crippen LogP contribution is -2.31. The number of rotatable bonds is 3. The van der Waals surface area contributed by atoms with Gasteiger partial charge in [0.05, 0.1) is 16.6 Å². The van der Waals surface area contributed by atoms with Crippen LogP contribution in [-0.2, 0) is 12.5 Å². The summed E-state index contributed by atoms with van der Waals surface area (Å²) in [6.45, 7) is 15.7. The van der Waals surface area contributed by atoms with Gasteiger partial charge in [0.15, 0.2) is 6.20 Å². The lowest BCUT2D eigenvalue weighted by Gasteiger charge is -2.22. The second-order valence-corrected chi connectivity index (χ2v) is 10.4. The fourth-order valence-electron chi connectivity index (χ4n) is 4.34. The predicted molar refractivity (Wildman–Crippen MR) is 136 cm³/mol. The first-order valence-corrected chi connectivity index (χ1v) is 11.6. The summed E-state index contributed by atoms with van der Waals surface area (Å²) in [5.74, 6) is 0.419. The third kappa shape index (κ3) is 4.07. The largest absolute Gasteiger partial charge is 0.253 e. The Morgan fingerprint density at radius 1 is 0.906 bits per heavy atom. The van der Waals surface area contributed by atoms with Crippen LogP contribution in [0, 0.1) is 13.8 Å². The maximum Gasteiger partial charge on any atom is 0.220 e. The molecule has 0 radical (unpaired) electrons. The summed E-state index contributed by atoms with van der Waals surface area (Å²) in [5.41, 5.74) is 10.1. The van der Waals surface area contributed by atoms with Gasteiger partial charge in [-0.15, -0.1) is 0 Å². The summed E-state index contributed by atoms with van der Waals surface area (Å²) >= 11 is 0. The zero-order valence-electron chi connectivity index (χ0n) is 20.7. The van der Waals surface area contributed by atoms with Crippen LogP contribution in [0.5, 0.6) is 0 Å². The minimum Gasteiger partial charge on any atom is -0.253 e. The molecule has 2 aromatic carbocycles. The molecule has 32 heavy (non-hydrogen) atoms. The lowest BCUT2D eigenvalue weighted by atomic mass is 9.83. The van der Waals surface area contributed by atoms with Gasteiger partial charge in [-0.2, -0.15) is 0 Å². The molecular formula is C30H35N2+. The third-order valence-corrected chi connectivity index (χ3v) is 6.58. The Hall–Kier alpha value is -3.00. The van der Waals surface area contributed by atoms with E-state index in [-0.39, 0.29) is 5.41 Å². The normalized spacial score (nSPS) is 12.0. The molecule has 2 nitrogen and oxygen atoms in total. The van der Waals surface area contributed by atoms with Crippen LogP contribution in [0.15, 0.2) is 60.8 Å². The van der Waals surface area contributed by atoms with E-state index in [9.17, 15) is 0 Å². The summed E-state index contributed by atoms with van der Waals surface area (Å²) in [6, 6.07) is 20.0. The smallest absolute Gasteiger partial charge is 0.220 e. The predicted octanol–water partition coefficient (Wildman–Crippen LogP) is 7.43. The van der Waals surface area contributed by atoms with Crippen molar-refractivity contribution < 1.29 is 4.57 Å². The van der Waals surface area contributed by atoms with Gasteiger partial charge in [0.2, 0.25) is 5.69 Å². The van der Waals surface area contributed by atoms with Gasteiger partial charge in [0.1, 0.15) is 7.05 Å². The molecule has 0 saturated carbocycles. The Morgan fingerprint density at radius 3 is 2.34 bits per heavy atom. The van der Waals surface area contributed by atoms with E-state index in [0.717, 1.165) is 17.0 Å². The van der Waals surface area contributed by atoms with Crippen LogP contribution in [0.3, 0.4) is 0 Å². The number of nitrogens with zero attached hydrogens (tertiary/aromatic N) is 2. The average molecular weight is 424 g/mol. The standard InChI is InChI=1S/C30H35N2/c1-19(2)27-10-9-11-28(31-27)23-12-13-25-22(17-23)14-15-32(8)29(25)26-18-24(30(5,6)7)16-20(3)21(26)4/h9-19H,1-8H3/q+1. The van der Waals surface area contributed by atoms with Gasteiger partial charge in [-0.3, -0.25) is 4.98 Å². The molecule has 0 spiro atoms. The fourth-order valence-corrected chi connectivity index (χ4v) is 4.34. The molecule has 2 aromatic heterocycles. The monoisotopic (exact) mass is 423 g/mol. The average Bonchev–Trinajstić information content (AvgIpc) is 2.75. The molecule has 4 aromatic rings. The van der Waals surface area contributed by atoms with Crippen LogP contribution in [0.4, 0.5) is 0 Å². The molecule has 0 aliphatic carbocycles. The summed E-state index contributed by atoms with van der Waals surface area (Å²) in [4.78, 5) is 4.91. The first-order valence-electron chi connectivity index (χ1n) is 11.6. The molecule has 0 saturated heterocycles. The summed E-state index contributed by atoms with van der Waals surface area (Å²) in [5, 5.41) is 2.51. The Morgan fingerprint density at radius 2 is 1.66 bits per heavy atom. The molecule has 164 valence electrons. The second-order valence-electron chi connectivity index (χ2n) is 10.4. The number of hydrogen-bond acceptors (Lipinski definition) is 1.